The van der Waals surface area contributed by atoms with Crippen LogP contribution in [0.15, 0.2) is 24.3 Å². The molecule has 0 spiro atoms. The lowest BCUT2D eigenvalue weighted by atomic mass is 9.87. The Balaban J connectivity index is 1.38. The van der Waals surface area contributed by atoms with Gasteiger partial charge in [-0.3, -0.25) is 0 Å². The van der Waals surface area contributed by atoms with Gasteiger partial charge >= 0.3 is 0 Å². The molecule has 0 radical (unpaired) electrons. The number of piperidine rings is 1. The highest BCUT2D eigenvalue weighted by atomic mass is 16.5. The Kier molecular flexibility index (Phi) is 6.09. The molecule has 0 aromatic heterocycles. The number of ether oxygens (including phenoxy) is 1. The van der Waals surface area contributed by atoms with E-state index in [-0.39, 0.29) is 0 Å². The van der Waals surface area contributed by atoms with Crippen molar-refractivity contribution < 1.29 is 4.74 Å². The summed E-state index contributed by atoms with van der Waals surface area (Å²) >= 11 is 0. The third-order valence-electron chi connectivity index (χ3n) is 5.26. The Bertz CT molecular complexity index is 480. The Labute approximate surface area is 141 Å². The molecule has 128 valence electrons. The number of aryl methyl sites for hydroxylation is 1. The summed E-state index contributed by atoms with van der Waals surface area (Å²) in [6.07, 6.45) is 6.64. The maximum atomic E-state index is 5.67. The number of benzene rings is 1. The maximum Gasteiger partial charge on any atom is 0.0596 e. The predicted molar refractivity (Wildman–Crippen MR) is 95.9 cm³/mol. The van der Waals surface area contributed by atoms with Gasteiger partial charge in [0, 0.05) is 18.6 Å². The smallest absolute Gasteiger partial charge is 0.0596 e. The number of likely N-dealkylation sites (tertiary alicyclic amines) is 1. The topological polar surface area (TPSA) is 24.5 Å². The molecule has 0 bridgehead atoms. The average molecular weight is 316 g/mol. The van der Waals surface area contributed by atoms with Gasteiger partial charge in [0.25, 0.3) is 0 Å². The molecule has 1 fully saturated rings. The van der Waals surface area contributed by atoms with Crippen LogP contribution in [0.5, 0.6) is 0 Å². The van der Waals surface area contributed by atoms with E-state index in [1.54, 1.807) is 11.1 Å². The Morgan fingerprint density at radius 3 is 2.57 bits per heavy atom. The van der Waals surface area contributed by atoms with Crippen molar-refractivity contribution in [3.63, 3.8) is 0 Å². The largest absolute Gasteiger partial charge is 0.377 e. The summed E-state index contributed by atoms with van der Waals surface area (Å²) < 4.78 is 5.67. The first kappa shape index (κ1) is 16.9. The summed E-state index contributed by atoms with van der Waals surface area (Å²) in [5.74, 6) is 0. The molecular weight excluding hydrogens is 284 g/mol. The van der Waals surface area contributed by atoms with Crippen molar-refractivity contribution >= 4 is 0 Å². The first-order valence-electron chi connectivity index (χ1n) is 9.37. The number of nitrogens with one attached hydrogen (secondary N) is 1. The minimum absolute atomic E-state index is 0.350. The zero-order valence-corrected chi connectivity index (χ0v) is 14.8. The normalized spacial score (nSPS) is 23.2. The van der Waals surface area contributed by atoms with E-state index in [1.807, 2.05) is 0 Å². The van der Waals surface area contributed by atoms with Crippen LogP contribution in [-0.2, 0) is 17.6 Å². The second kappa shape index (κ2) is 8.27. The highest BCUT2D eigenvalue weighted by Crippen LogP contribution is 2.22. The number of fused-ring (bicyclic) bond motifs is 1. The number of nitrogens with zero attached hydrogens (tertiary/aromatic N) is 1. The van der Waals surface area contributed by atoms with E-state index >= 15 is 0 Å². The standard InChI is InChI=1S/C20H32N2O/c1-16(2)23-14-13-22-11-9-19(10-12-22)21-20-8-7-17-5-3-4-6-18(17)15-20/h3-6,16,19-21H,7-15H2,1-2H3. The van der Waals surface area contributed by atoms with Crippen LogP contribution in [0.4, 0.5) is 0 Å². The van der Waals surface area contributed by atoms with Crippen LogP contribution in [0, 0.1) is 0 Å². The predicted octanol–water partition coefficient (Wildman–Crippen LogP) is 3.02. The van der Waals surface area contributed by atoms with Crippen molar-refractivity contribution in [3.8, 4) is 0 Å². The summed E-state index contributed by atoms with van der Waals surface area (Å²) in [6, 6.07) is 10.3. The summed E-state index contributed by atoms with van der Waals surface area (Å²) in [4.78, 5) is 2.55. The lowest BCUT2D eigenvalue weighted by Gasteiger charge is -2.36. The minimum atomic E-state index is 0.350. The molecule has 1 aromatic rings. The van der Waals surface area contributed by atoms with Gasteiger partial charge in [-0.05, 0) is 70.2 Å². The molecule has 1 atom stereocenters. The van der Waals surface area contributed by atoms with Gasteiger partial charge in [-0.1, -0.05) is 24.3 Å². The van der Waals surface area contributed by atoms with Gasteiger partial charge < -0.3 is 15.0 Å². The third-order valence-corrected chi connectivity index (χ3v) is 5.26. The van der Waals surface area contributed by atoms with Crippen molar-refractivity contribution in [1.82, 2.24) is 10.2 Å². The molecule has 23 heavy (non-hydrogen) atoms. The highest BCUT2D eigenvalue weighted by molar-refractivity contribution is 5.30. The van der Waals surface area contributed by atoms with E-state index in [0.717, 1.165) is 13.2 Å². The molecule has 0 amide bonds. The van der Waals surface area contributed by atoms with E-state index in [4.69, 9.17) is 4.74 Å². The SMILES string of the molecule is CC(C)OCCN1CCC(NC2CCc3ccccc3C2)CC1. The second-order valence-electron chi connectivity index (χ2n) is 7.41. The molecule has 1 N–H and O–H groups in total. The van der Waals surface area contributed by atoms with Crippen molar-refractivity contribution in [1.29, 1.82) is 0 Å². The molecule has 1 heterocycles. The van der Waals surface area contributed by atoms with Gasteiger partial charge in [0.15, 0.2) is 0 Å². The van der Waals surface area contributed by atoms with Crippen LogP contribution in [0.25, 0.3) is 0 Å². The van der Waals surface area contributed by atoms with Crippen LogP contribution in [0.2, 0.25) is 0 Å². The molecule has 1 unspecified atom stereocenters. The van der Waals surface area contributed by atoms with Gasteiger partial charge in [0.1, 0.15) is 0 Å². The van der Waals surface area contributed by atoms with Crippen LogP contribution in [0.3, 0.4) is 0 Å². The second-order valence-corrected chi connectivity index (χ2v) is 7.41. The average Bonchev–Trinajstić information content (AvgIpc) is 2.56. The fourth-order valence-electron chi connectivity index (χ4n) is 3.91. The number of rotatable bonds is 6. The molecular formula is C20H32N2O. The Morgan fingerprint density at radius 2 is 1.83 bits per heavy atom. The van der Waals surface area contributed by atoms with Crippen molar-refractivity contribution in [2.24, 2.45) is 0 Å². The third kappa shape index (κ3) is 5.03. The van der Waals surface area contributed by atoms with E-state index in [1.165, 1.54) is 45.2 Å². The van der Waals surface area contributed by atoms with E-state index in [9.17, 15) is 0 Å². The molecule has 1 aliphatic heterocycles. The molecule has 0 saturated carbocycles. The van der Waals surface area contributed by atoms with Gasteiger partial charge in [0.05, 0.1) is 12.7 Å². The fourth-order valence-corrected chi connectivity index (χ4v) is 3.91. The van der Waals surface area contributed by atoms with Crippen molar-refractivity contribution in [3.05, 3.63) is 35.4 Å². The molecule has 2 aliphatic rings. The van der Waals surface area contributed by atoms with Crippen LogP contribution >= 0.6 is 0 Å². The van der Waals surface area contributed by atoms with E-state index in [0.29, 0.717) is 18.2 Å². The maximum absolute atomic E-state index is 5.67. The zero-order chi connectivity index (χ0) is 16.1. The Morgan fingerprint density at radius 1 is 1.09 bits per heavy atom. The van der Waals surface area contributed by atoms with Gasteiger partial charge in [-0.25, -0.2) is 0 Å². The highest BCUT2D eigenvalue weighted by Gasteiger charge is 2.24. The van der Waals surface area contributed by atoms with E-state index < -0.39 is 0 Å². The number of hydrogen-bond donors (Lipinski definition) is 1. The fraction of sp³-hybridized carbons (Fsp3) is 0.700. The zero-order valence-electron chi connectivity index (χ0n) is 14.8. The van der Waals surface area contributed by atoms with Gasteiger partial charge in [-0.2, -0.15) is 0 Å². The molecule has 3 nitrogen and oxygen atoms in total. The van der Waals surface area contributed by atoms with Gasteiger partial charge in [0.2, 0.25) is 0 Å². The molecule has 1 saturated heterocycles. The van der Waals surface area contributed by atoms with E-state index in [2.05, 4.69) is 48.3 Å². The van der Waals surface area contributed by atoms with Crippen LogP contribution in [0.1, 0.15) is 44.2 Å². The van der Waals surface area contributed by atoms with Crippen molar-refractivity contribution in [2.75, 3.05) is 26.2 Å². The Hall–Kier alpha value is -0.900. The molecule has 3 heteroatoms. The van der Waals surface area contributed by atoms with Crippen LogP contribution in [-0.4, -0.2) is 49.3 Å². The monoisotopic (exact) mass is 316 g/mol. The summed E-state index contributed by atoms with van der Waals surface area (Å²) in [6.45, 7) is 8.60. The lowest BCUT2D eigenvalue weighted by molar-refractivity contribution is 0.0521. The minimum Gasteiger partial charge on any atom is -0.377 e. The quantitative estimate of drug-likeness (QED) is 0.873. The first-order valence-corrected chi connectivity index (χ1v) is 9.37. The molecule has 1 aromatic carbocycles. The summed E-state index contributed by atoms with van der Waals surface area (Å²) in [7, 11) is 0. The molecule has 1 aliphatic carbocycles. The lowest BCUT2D eigenvalue weighted by Crippen LogP contribution is -2.48. The first-order chi connectivity index (χ1) is 11.2. The van der Waals surface area contributed by atoms with Gasteiger partial charge in [-0.15, -0.1) is 0 Å². The van der Waals surface area contributed by atoms with Crippen molar-refractivity contribution in [2.45, 2.75) is 64.1 Å². The number of hydrogen-bond acceptors (Lipinski definition) is 3. The van der Waals surface area contributed by atoms with Crippen LogP contribution < -0.4 is 5.32 Å². The summed E-state index contributed by atoms with van der Waals surface area (Å²) in [5, 5.41) is 3.94. The molecule has 3 rings (SSSR count). The summed E-state index contributed by atoms with van der Waals surface area (Å²) in [5.41, 5.74) is 3.12.